The van der Waals surface area contributed by atoms with Crippen molar-refractivity contribution in [2.45, 2.75) is 32.6 Å². The monoisotopic (exact) mass is 256 g/mol. The van der Waals surface area contributed by atoms with Gasteiger partial charge in [0.2, 0.25) is 0 Å². The molecule has 3 nitrogen and oxygen atoms in total. The molecule has 1 heterocycles. The molecule has 100 valence electrons. The summed E-state index contributed by atoms with van der Waals surface area (Å²) >= 11 is 0. The van der Waals surface area contributed by atoms with Crippen LogP contribution in [0.1, 0.15) is 31.4 Å². The summed E-state index contributed by atoms with van der Waals surface area (Å²) in [5.74, 6) is 1.65. The number of aryl methyl sites for hydroxylation is 1. The van der Waals surface area contributed by atoms with Crippen LogP contribution in [0, 0.1) is 12.8 Å². The largest absolute Gasteiger partial charge is 0.493 e. The van der Waals surface area contributed by atoms with Gasteiger partial charge in [-0.15, -0.1) is 0 Å². The highest BCUT2D eigenvalue weighted by Crippen LogP contribution is 2.32. The maximum Gasteiger partial charge on any atom is 0.127 e. The molecule has 1 fully saturated rings. The van der Waals surface area contributed by atoms with Gasteiger partial charge in [0.05, 0.1) is 6.61 Å². The van der Waals surface area contributed by atoms with Crippen molar-refractivity contribution in [3.63, 3.8) is 0 Å². The molecule has 0 unspecified atom stereocenters. The van der Waals surface area contributed by atoms with E-state index in [0.29, 0.717) is 0 Å². The van der Waals surface area contributed by atoms with Gasteiger partial charge in [-0.05, 0) is 43.9 Å². The van der Waals surface area contributed by atoms with Crippen molar-refractivity contribution in [2.24, 2.45) is 5.92 Å². The van der Waals surface area contributed by atoms with Crippen LogP contribution >= 0.6 is 0 Å². The molecule has 1 aromatic carbocycles. The van der Waals surface area contributed by atoms with E-state index >= 15 is 0 Å². The normalized spacial score (nSPS) is 16.1. The van der Waals surface area contributed by atoms with Gasteiger partial charge < -0.3 is 10.5 Å². The van der Waals surface area contributed by atoms with Gasteiger partial charge in [-0.25, -0.2) is 0 Å². The fourth-order valence-corrected chi connectivity index (χ4v) is 2.85. The van der Waals surface area contributed by atoms with Crippen LogP contribution in [0.15, 0.2) is 24.4 Å². The van der Waals surface area contributed by atoms with Crippen molar-refractivity contribution in [2.75, 3.05) is 12.3 Å². The average Bonchev–Trinajstić information content (AvgIpc) is 2.91. The highest BCUT2D eigenvalue weighted by atomic mass is 16.5. The fourth-order valence-electron chi connectivity index (χ4n) is 2.85. The summed E-state index contributed by atoms with van der Waals surface area (Å²) in [5.41, 5.74) is 7.75. The van der Waals surface area contributed by atoms with E-state index in [1.165, 1.54) is 25.7 Å². The lowest BCUT2D eigenvalue weighted by atomic mass is 10.1. The summed E-state index contributed by atoms with van der Waals surface area (Å²) in [6, 6.07) is 5.94. The van der Waals surface area contributed by atoms with E-state index in [2.05, 4.69) is 11.1 Å². The van der Waals surface area contributed by atoms with Crippen molar-refractivity contribution >= 4 is 16.5 Å². The number of nitrogen functional groups attached to an aromatic ring is 1. The Balaban J connectivity index is 1.89. The molecule has 19 heavy (non-hydrogen) atoms. The van der Waals surface area contributed by atoms with E-state index in [-0.39, 0.29) is 0 Å². The number of benzene rings is 1. The van der Waals surface area contributed by atoms with Crippen LogP contribution in [0.4, 0.5) is 5.69 Å². The highest BCUT2D eigenvalue weighted by molar-refractivity contribution is 5.96. The maximum absolute atomic E-state index is 6.03. The molecular weight excluding hydrogens is 236 g/mol. The Bertz CT molecular complexity index is 589. The molecule has 0 saturated heterocycles. The maximum atomic E-state index is 6.03. The predicted octanol–water partition coefficient (Wildman–Crippen LogP) is 3.69. The summed E-state index contributed by atoms with van der Waals surface area (Å²) in [5, 5.41) is 2.06. The Morgan fingerprint density at radius 1 is 1.26 bits per heavy atom. The van der Waals surface area contributed by atoms with E-state index in [1.807, 2.05) is 25.3 Å². The van der Waals surface area contributed by atoms with Crippen molar-refractivity contribution < 1.29 is 4.74 Å². The van der Waals surface area contributed by atoms with E-state index in [9.17, 15) is 0 Å². The predicted molar refractivity (Wildman–Crippen MR) is 78.3 cm³/mol. The molecular formula is C16H20N2O. The number of nitrogens with zero attached hydrogens (tertiary/aromatic N) is 1. The number of ether oxygens (including phenoxy) is 1. The molecule has 2 N–H and O–H groups in total. The Labute approximate surface area is 113 Å². The summed E-state index contributed by atoms with van der Waals surface area (Å²) in [4.78, 5) is 4.31. The number of pyridine rings is 1. The van der Waals surface area contributed by atoms with Crippen LogP contribution in [-0.2, 0) is 0 Å². The summed E-state index contributed by atoms with van der Waals surface area (Å²) in [6.45, 7) is 2.81. The van der Waals surface area contributed by atoms with Gasteiger partial charge in [0.15, 0.2) is 0 Å². The SMILES string of the molecule is Cc1cc2c(OCC3CCCC3)ccc(N)c2cn1. The molecule has 1 aliphatic carbocycles. The van der Waals surface area contributed by atoms with E-state index < -0.39 is 0 Å². The van der Waals surface area contributed by atoms with Crippen LogP contribution in [0.25, 0.3) is 10.8 Å². The molecule has 1 saturated carbocycles. The second kappa shape index (κ2) is 5.08. The third-order valence-corrected chi connectivity index (χ3v) is 3.98. The average molecular weight is 256 g/mol. The minimum absolute atomic E-state index is 0.718. The topological polar surface area (TPSA) is 48.1 Å². The molecule has 0 spiro atoms. The number of hydrogen-bond acceptors (Lipinski definition) is 3. The number of hydrogen-bond donors (Lipinski definition) is 1. The van der Waals surface area contributed by atoms with Crippen molar-refractivity contribution in [1.82, 2.24) is 4.98 Å². The minimum atomic E-state index is 0.718. The van der Waals surface area contributed by atoms with E-state index in [4.69, 9.17) is 10.5 Å². The van der Waals surface area contributed by atoms with Crippen LogP contribution in [0.2, 0.25) is 0 Å². The quantitative estimate of drug-likeness (QED) is 0.852. The molecule has 0 amide bonds. The van der Waals surface area contributed by atoms with Crippen LogP contribution < -0.4 is 10.5 Å². The van der Waals surface area contributed by atoms with Crippen molar-refractivity contribution in [3.05, 3.63) is 30.1 Å². The Morgan fingerprint density at radius 2 is 2.05 bits per heavy atom. The second-order valence-electron chi connectivity index (χ2n) is 5.49. The highest BCUT2D eigenvalue weighted by Gasteiger charge is 2.16. The van der Waals surface area contributed by atoms with Crippen molar-refractivity contribution in [1.29, 1.82) is 0 Å². The van der Waals surface area contributed by atoms with Crippen LogP contribution in [0.3, 0.4) is 0 Å². The fraction of sp³-hybridized carbons (Fsp3) is 0.438. The van der Waals surface area contributed by atoms with Gasteiger partial charge in [0, 0.05) is 28.4 Å². The summed E-state index contributed by atoms with van der Waals surface area (Å²) in [6.07, 6.45) is 7.13. The number of nitrogens with two attached hydrogens (primary N) is 1. The lowest BCUT2D eigenvalue weighted by Crippen LogP contribution is -2.08. The third kappa shape index (κ3) is 2.50. The number of aromatic nitrogens is 1. The first kappa shape index (κ1) is 12.3. The van der Waals surface area contributed by atoms with Crippen LogP contribution in [-0.4, -0.2) is 11.6 Å². The second-order valence-corrected chi connectivity index (χ2v) is 5.49. The first-order valence-electron chi connectivity index (χ1n) is 7.01. The molecule has 1 aliphatic rings. The number of fused-ring (bicyclic) bond motifs is 1. The zero-order valence-corrected chi connectivity index (χ0v) is 11.4. The van der Waals surface area contributed by atoms with Gasteiger partial charge in [-0.1, -0.05) is 12.8 Å². The first-order valence-corrected chi connectivity index (χ1v) is 7.01. The van der Waals surface area contributed by atoms with Crippen LogP contribution in [0.5, 0.6) is 5.75 Å². The summed E-state index contributed by atoms with van der Waals surface area (Å²) in [7, 11) is 0. The van der Waals surface area contributed by atoms with Gasteiger partial charge in [0.25, 0.3) is 0 Å². The molecule has 1 aromatic heterocycles. The Kier molecular flexibility index (Phi) is 3.28. The molecule has 3 heteroatoms. The number of rotatable bonds is 3. The first-order chi connectivity index (χ1) is 9.24. The molecule has 0 radical (unpaired) electrons. The zero-order chi connectivity index (χ0) is 13.2. The smallest absolute Gasteiger partial charge is 0.127 e. The van der Waals surface area contributed by atoms with Gasteiger partial charge in [-0.2, -0.15) is 0 Å². The molecule has 3 rings (SSSR count). The van der Waals surface area contributed by atoms with E-state index in [0.717, 1.165) is 40.4 Å². The van der Waals surface area contributed by atoms with Gasteiger partial charge >= 0.3 is 0 Å². The Morgan fingerprint density at radius 3 is 2.84 bits per heavy atom. The lowest BCUT2D eigenvalue weighted by molar-refractivity contribution is 0.255. The summed E-state index contributed by atoms with van der Waals surface area (Å²) < 4.78 is 6.03. The Hall–Kier alpha value is -1.77. The molecule has 2 aromatic rings. The number of anilines is 1. The third-order valence-electron chi connectivity index (χ3n) is 3.98. The molecule has 0 bridgehead atoms. The lowest BCUT2D eigenvalue weighted by Gasteiger charge is -2.14. The van der Waals surface area contributed by atoms with Gasteiger partial charge in [-0.3, -0.25) is 4.98 Å². The van der Waals surface area contributed by atoms with Gasteiger partial charge in [0.1, 0.15) is 5.75 Å². The standard InChI is InChI=1S/C16H20N2O/c1-11-8-13-14(9-18-11)15(17)6-7-16(13)19-10-12-4-2-3-5-12/h6-9,12H,2-5,10,17H2,1H3. The van der Waals surface area contributed by atoms with E-state index in [1.54, 1.807) is 0 Å². The zero-order valence-electron chi connectivity index (χ0n) is 11.4. The molecule has 0 atom stereocenters. The molecule has 0 aliphatic heterocycles. The minimum Gasteiger partial charge on any atom is -0.493 e. The van der Waals surface area contributed by atoms with Crippen molar-refractivity contribution in [3.8, 4) is 5.75 Å².